The van der Waals surface area contributed by atoms with Crippen molar-refractivity contribution in [2.45, 2.75) is 11.3 Å². The van der Waals surface area contributed by atoms with E-state index in [1.54, 1.807) is 0 Å². The fourth-order valence-corrected chi connectivity index (χ4v) is 2.48. The largest absolute Gasteiger partial charge is 0.266 e. The Morgan fingerprint density at radius 2 is 2.12 bits per heavy atom. The van der Waals surface area contributed by atoms with Gasteiger partial charge < -0.3 is 0 Å². The number of aromatic nitrogens is 1. The molecule has 0 atom stereocenters. The third-order valence-electron chi connectivity index (χ3n) is 1.62. The lowest BCUT2D eigenvalue weighted by Crippen LogP contribution is -2.14. The van der Waals surface area contributed by atoms with Gasteiger partial charge in [0, 0.05) is 0 Å². The van der Waals surface area contributed by atoms with E-state index in [1.807, 2.05) is 0 Å². The number of alkyl halides is 2. The van der Waals surface area contributed by atoms with Crippen molar-refractivity contribution < 1.29 is 17.2 Å². The number of hydrogen-bond acceptors (Lipinski definition) is 4. The Labute approximate surface area is 98.1 Å². The zero-order chi connectivity index (χ0) is 12.5. The molecule has 9 heteroatoms. The molecule has 0 bridgehead atoms. The molecule has 2 N–H and O–H groups in total. The molecule has 1 aromatic heterocycles. The molecular weight excluding hydrogens is 308 g/mol. The summed E-state index contributed by atoms with van der Waals surface area (Å²) in [7, 11) is -4.17. The number of nitrogens with two attached hydrogens (primary N) is 1. The monoisotopic (exact) mass is 311 g/mol. The lowest BCUT2D eigenvalue weighted by atomic mass is 10.2. The van der Waals surface area contributed by atoms with Crippen LogP contribution in [0.5, 0.6) is 0 Å². The van der Waals surface area contributed by atoms with E-state index in [1.165, 1.54) is 6.07 Å². The second kappa shape index (κ2) is 4.40. The van der Waals surface area contributed by atoms with E-state index in [9.17, 15) is 17.2 Å². The zero-order valence-electron chi connectivity index (χ0n) is 7.49. The molecule has 0 amide bonds. The van der Waals surface area contributed by atoms with Crippen molar-refractivity contribution >= 4 is 26.0 Å². The summed E-state index contributed by atoms with van der Waals surface area (Å²) in [5.74, 6) is 0. The van der Waals surface area contributed by atoms with Crippen molar-refractivity contribution in [2.24, 2.45) is 5.14 Å². The van der Waals surface area contributed by atoms with Crippen LogP contribution < -0.4 is 5.14 Å². The summed E-state index contributed by atoms with van der Waals surface area (Å²) >= 11 is 2.74. The van der Waals surface area contributed by atoms with E-state index < -0.39 is 32.6 Å². The van der Waals surface area contributed by atoms with Crippen LogP contribution in [-0.2, 0) is 10.0 Å². The molecule has 0 aliphatic heterocycles. The smallest absolute Gasteiger partial charge is 0.228 e. The molecule has 0 saturated heterocycles. The normalized spacial score (nSPS) is 11.5. The SMILES string of the molecule is N#Cc1nc(Br)c(S(N)(=O)=O)cc1C(F)F. The molecule has 0 aliphatic rings. The predicted octanol–water partition coefficient (Wildman–Crippen LogP) is 1.30. The summed E-state index contributed by atoms with van der Waals surface area (Å²) in [6, 6.07) is 2.07. The fraction of sp³-hybridized carbons (Fsp3) is 0.143. The minimum absolute atomic E-state index is 0.268. The highest BCUT2D eigenvalue weighted by molar-refractivity contribution is 9.10. The van der Waals surface area contributed by atoms with Gasteiger partial charge in [0.2, 0.25) is 10.0 Å². The van der Waals surface area contributed by atoms with Crippen molar-refractivity contribution in [1.29, 1.82) is 5.26 Å². The van der Waals surface area contributed by atoms with Crippen molar-refractivity contribution in [3.63, 3.8) is 0 Å². The van der Waals surface area contributed by atoms with Crippen LogP contribution in [-0.4, -0.2) is 13.4 Å². The lowest BCUT2D eigenvalue weighted by molar-refractivity contribution is 0.150. The van der Waals surface area contributed by atoms with Gasteiger partial charge in [-0.15, -0.1) is 0 Å². The molecule has 0 unspecified atom stereocenters. The first kappa shape index (κ1) is 13.0. The van der Waals surface area contributed by atoms with E-state index >= 15 is 0 Å². The van der Waals surface area contributed by atoms with Gasteiger partial charge in [0.15, 0.2) is 5.69 Å². The third-order valence-corrected chi connectivity index (χ3v) is 3.41. The Morgan fingerprint density at radius 3 is 2.50 bits per heavy atom. The number of hydrogen-bond donors (Lipinski definition) is 1. The maximum absolute atomic E-state index is 12.5. The predicted molar refractivity (Wildman–Crippen MR) is 53.0 cm³/mol. The van der Waals surface area contributed by atoms with Crippen LogP contribution in [0.4, 0.5) is 8.78 Å². The first-order valence-corrected chi connectivity index (χ1v) is 6.02. The van der Waals surface area contributed by atoms with Gasteiger partial charge in [-0.1, -0.05) is 0 Å². The summed E-state index contributed by atoms with van der Waals surface area (Å²) in [6.45, 7) is 0. The number of nitrogens with zero attached hydrogens (tertiary/aromatic N) is 2. The average molecular weight is 312 g/mol. The zero-order valence-corrected chi connectivity index (χ0v) is 9.89. The number of nitriles is 1. The molecule has 0 spiro atoms. The van der Waals surface area contributed by atoms with Gasteiger partial charge in [-0.05, 0) is 22.0 Å². The molecule has 16 heavy (non-hydrogen) atoms. The van der Waals surface area contributed by atoms with E-state index in [0.717, 1.165) is 0 Å². The van der Waals surface area contributed by atoms with Crippen LogP contribution in [0.1, 0.15) is 17.7 Å². The highest BCUT2D eigenvalue weighted by Gasteiger charge is 2.22. The summed E-state index contributed by atoms with van der Waals surface area (Å²) in [5.41, 5.74) is -1.32. The Bertz CT molecular complexity index is 568. The number of rotatable bonds is 2. The van der Waals surface area contributed by atoms with E-state index in [-0.39, 0.29) is 4.60 Å². The molecular formula is C7H4BrF2N3O2S. The lowest BCUT2D eigenvalue weighted by Gasteiger charge is -2.06. The molecule has 86 valence electrons. The number of sulfonamides is 1. The quantitative estimate of drug-likeness (QED) is 0.832. The van der Waals surface area contributed by atoms with Gasteiger partial charge in [0.25, 0.3) is 6.43 Å². The fourth-order valence-electron chi connectivity index (χ4n) is 0.942. The Balaban J connectivity index is 3.60. The molecule has 5 nitrogen and oxygen atoms in total. The van der Waals surface area contributed by atoms with Gasteiger partial charge in [0.05, 0.1) is 5.56 Å². The molecule has 0 fully saturated rings. The standard InChI is InChI=1S/C7H4BrF2N3O2S/c8-6-5(16(12,14)15)1-3(7(9)10)4(2-11)13-6/h1,7H,(H2,12,14,15). The maximum Gasteiger partial charge on any atom is 0.266 e. The second-order valence-corrected chi connectivity index (χ2v) is 4.95. The molecule has 0 saturated carbocycles. The summed E-state index contributed by atoms with van der Waals surface area (Å²) in [6.07, 6.45) is -3.00. The van der Waals surface area contributed by atoms with Crippen LogP contribution >= 0.6 is 15.9 Å². The van der Waals surface area contributed by atoms with Crippen molar-refractivity contribution in [2.75, 3.05) is 0 Å². The number of halogens is 3. The highest BCUT2D eigenvalue weighted by Crippen LogP contribution is 2.28. The van der Waals surface area contributed by atoms with Crippen molar-refractivity contribution in [1.82, 2.24) is 4.98 Å². The average Bonchev–Trinajstić information content (AvgIpc) is 2.14. The van der Waals surface area contributed by atoms with Crippen LogP contribution in [0.3, 0.4) is 0 Å². The minimum atomic E-state index is -4.17. The Kier molecular flexibility index (Phi) is 3.57. The Morgan fingerprint density at radius 1 is 1.56 bits per heavy atom. The number of primary sulfonamides is 1. The molecule has 1 rings (SSSR count). The molecule has 1 heterocycles. The second-order valence-electron chi connectivity index (χ2n) is 2.67. The molecule has 0 radical (unpaired) electrons. The summed E-state index contributed by atoms with van der Waals surface area (Å²) in [4.78, 5) is 2.81. The summed E-state index contributed by atoms with van der Waals surface area (Å²) < 4.78 is 46.7. The Hall–Kier alpha value is -1.11. The van der Waals surface area contributed by atoms with Gasteiger partial charge in [-0.25, -0.2) is 27.3 Å². The van der Waals surface area contributed by atoms with Crippen molar-refractivity contribution in [3.05, 3.63) is 21.9 Å². The molecule has 1 aromatic rings. The van der Waals surface area contributed by atoms with Gasteiger partial charge in [0.1, 0.15) is 15.6 Å². The van der Waals surface area contributed by atoms with Crippen LogP contribution in [0.2, 0.25) is 0 Å². The van der Waals surface area contributed by atoms with Crippen LogP contribution in [0.15, 0.2) is 15.6 Å². The van der Waals surface area contributed by atoms with E-state index in [0.29, 0.717) is 6.07 Å². The third kappa shape index (κ3) is 2.52. The number of pyridine rings is 1. The first-order chi connectivity index (χ1) is 7.27. The molecule has 0 aromatic carbocycles. The van der Waals surface area contributed by atoms with E-state index in [2.05, 4.69) is 20.9 Å². The van der Waals surface area contributed by atoms with Gasteiger partial charge in [-0.3, -0.25) is 0 Å². The maximum atomic E-state index is 12.5. The highest BCUT2D eigenvalue weighted by atomic mass is 79.9. The van der Waals surface area contributed by atoms with Gasteiger partial charge >= 0.3 is 0 Å². The first-order valence-electron chi connectivity index (χ1n) is 3.69. The van der Waals surface area contributed by atoms with Crippen LogP contribution in [0, 0.1) is 11.3 Å². The summed E-state index contributed by atoms with van der Waals surface area (Å²) in [5, 5.41) is 13.3. The minimum Gasteiger partial charge on any atom is -0.228 e. The van der Waals surface area contributed by atoms with E-state index in [4.69, 9.17) is 10.4 Å². The van der Waals surface area contributed by atoms with Crippen molar-refractivity contribution in [3.8, 4) is 6.07 Å². The topological polar surface area (TPSA) is 96.8 Å². The van der Waals surface area contributed by atoms with Crippen LogP contribution in [0.25, 0.3) is 0 Å². The molecule has 0 aliphatic carbocycles. The van der Waals surface area contributed by atoms with Gasteiger partial charge in [-0.2, -0.15) is 5.26 Å².